The lowest BCUT2D eigenvalue weighted by molar-refractivity contribution is 0.0874. The van der Waals surface area contributed by atoms with Gasteiger partial charge in [0.15, 0.2) is 0 Å². The molecule has 0 saturated heterocycles. The molecule has 0 atom stereocenters. The van der Waals surface area contributed by atoms with E-state index in [-0.39, 0.29) is 13.2 Å². The fraction of sp³-hybridized carbons (Fsp3) is 1.00. The first kappa shape index (κ1) is 12.8. The number of ether oxygens (including phenoxy) is 1. The molecule has 0 spiro atoms. The van der Waals surface area contributed by atoms with E-state index in [1.807, 2.05) is 4.90 Å². The lowest BCUT2D eigenvalue weighted by atomic mass is 10.4. The molecule has 0 aliphatic carbocycles. The van der Waals surface area contributed by atoms with Crippen LogP contribution in [0.3, 0.4) is 0 Å². The van der Waals surface area contributed by atoms with Crippen LogP contribution in [0.15, 0.2) is 0 Å². The fourth-order valence-corrected chi connectivity index (χ4v) is 1.06. The van der Waals surface area contributed by atoms with Gasteiger partial charge in [-0.3, -0.25) is 4.90 Å². The first-order chi connectivity index (χ1) is 6.35. The van der Waals surface area contributed by atoms with Crippen LogP contribution in [0.2, 0.25) is 0 Å². The molecule has 2 N–H and O–H groups in total. The van der Waals surface area contributed by atoms with Crippen LogP contribution in [0, 0.1) is 0 Å². The lowest BCUT2D eigenvalue weighted by Crippen LogP contribution is -2.33. The summed E-state index contributed by atoms with van der Waals surface area (Å²) in [5.74, 6) is 0. The summed E-state index contributed by atoms with van der Waals surface area (Å²) in [6, 6.07) is 0. The molecule has 80 valence electrons. The second-order valence-corrected chi connectivity index (χ2v) is 2.90. The van der Waals surface area contributed by atoms with Crippen LogP contribution in [-0.4, -0.2) is 61.2 Å². The quantitative estimate of drug-likeness (QED) is 0.491. The van der Waals surface area contributed by atoms with Crippen molar-refractivity contribution >= 4 is 0 Å². The standard InChI is InChI=1S/C9H21NO3/c1-2-8-13-9-5-10(3-6-11)4-7-12/h11-12H,2-9H2,1H3. The Morgan fingerprint density at radius 3 is 2.08 bits per heavy atom. The summed E-state index contributed by atoms with van der Waals surface area (Å²) in [6.07, 6.45) is 1.03. The zero-order valence-electron chi connectivity index (χ0n) is 8.41. The number of nitrogens with zero attached hydrogens (tertiary/aromatic N) is 1. The molecular formula is C9H21NO3. The third-order valence-corrected chi connectivity index (χ3v) is 1.73. The van der Waals surface area contributed by atoms with E-state index in [0.29, 0.717) is 19.7 Å². The molecule has 0 aromatic heterocycles. The number of hydrogen-bond donors (Lipinski definition) is 2. The van der Waals surface area contributed by atoms with Crippen LogP contribution < -0.4 is 0 Å². The smallest absolute Gasteiger partial charge is 0.0593 e. The van der Waals surface area contributed by atoms with Crippen molar-refractivity contribution in [1.82, 2.24) is 4.90 Å². The van der Waals surface area contributed by atoms with Gasteiger partial charge in [-0.25, -0.2) is 0 Å². The van der Waals surface area contributed by atoms with Crippen LogP contribution in [0.5, 0.6) is 0 Å². The molecule has 0 aliphatic rings. The van der Waals surface area contributed by atoms with E-state index in [1.54, 1.807) is 0 Å². The Morgan fingerprint density at radius 2 is 1.62 bits per heavy atom. The molecule has 0 unspecified atom stereocenters. The van der Waals surface area contributed by atoms with E-state index < -0.39 is 0 Å². The van der Waals surface area contributed by atoms with Gasteiger partial charge >= 0.3 is 0 Å². The minimum absolute atomic E-state index is 0.133. The van der Waals surface area contributed by atoms with Gasteiger partial charge in [0.05, 0.1) is 19.8 Å². The maximum absolute atomic E-state index is 8.70. The minimum Gasteiger partial charge on any atom is -0.395 e. The van der Waals surface area contributed by atoms with Crippen molar-refractivity contribution in [3.63, 3.8) is 0 Å². The topological polar surface area (TPSA) is 52.9 Å². The molecule has 0 aromatic rings. The highest BCUT2D eigenvalue weighted by molar-refractivity contribution is 4.55. The van der Waals surface area contributed by atoms with Crippen LogP contribution in [0.25, 0.3) is 0 Å². The summed E-state index contributed by atoms with van der Waals surface area (Å²) in [7, 11) is 0. The molecule has 0 heterocycles. The minimum atomic E-state index is 0.133. The molecule has 0 saturated carbocycles. The number of hydrogen-bond acceptors (Lipinski definition) is 4. The molecule has 13 heavy (non-hydrogen) atoms. The zero-order chi connectivity index (χ0) is 9.94. The van der Waals surface area contributed by atoms with Gasteiger partial charge in [-0.15, -0.1) is 0 Å². The van der Waals surface area contributed by atoms with Gasteiger partial charge in [0, 0.05) is 26.2 Å². The number of aliphatic hydroxyl groups excluding tert-OH is 2. The Kier molecular flexibility index (Phi) is 9.80. The Hall–Kier alpha value is -0.160. The van der Waals surface area contributed by atoms with Gasteiger partial charge in [0.1, 0.15) is 0 Å². The van der Waals surface area contributed by atoms with Gasteiger partial charge in [-0.2, -0.15) is 0 Å². The summed E-state index contributed by atoms with van der Waals surface area (Å²) < 4.78 is 5.30. The number of aliphatic hydroxyl groups is 2. The molecule has 4 heteroatoms. The summed E-state index contributed by atoms with van der Waals surface area (Å²) in [4.78, 5) is 1.98. The van der Waals surface area contributed by atoms with Crippen LogP contribution in [0.1, 0.15) is 13.3 Å². The second kappa shape index (κ2) is 9.92. The van der Waals surface area contributed by atoms with Gasteiger partial charge in [0.25, 0.3) is 0 Å². The van der Waals surface area contributed by atoms with E-state index in [1.165, 1.54) is 0 Å². The third-order valence-electron chi connectivity index (χ3n) is 1.73. The van der Waals surface area contributed by atoms with E-state index in [0.717, 1.165) is 19.6 Å². The highest BCUT2D eigenvalue weighted by atomic mass is 16.5. The van der Waals surface area contributed by atoms with Crippen molar-refractivity contribution in [2.75, 3.05) is 46.1 Å². The molecule has 4 nitrogen and oxygen atoms in total. The van der Waals surface area contributed by atoms with E-state index >= 15 is 0 Å². The van der Waals surface area contributed by atoms with Gasteiger partial charge in [-0.05, 0) is 6.42 Å². The van der Waals surface area contributed by atoms with Crippen LogP contribution in [0.4, 0.5) is 0 Å². The Morgan fingerprint density at radius 1 is 1.00 bits per heavy atom. The van der Waals surface area contributed by atoms with E-state index in [2.05, 4.69) is 6.92 Å². The van der Waals surface area contributed by atoms with Crippen molar-refractivity contribution in [3.8, 4) is 0 Å². The third kappa shape index (κ3) is 8.18. The molecule has 0 aliphatic heterocycles. The molecule has 0 fully saturated rings. The van der Waals surface area contributed by atoms with Crippen molar-refractivity contribution in [2.45, 2.75) is 13.3 Å². The summed E-state index contributed by atoms with van der Waals surface area (Å²) in [5, 5.41) is 17.4. The SMILES string of the molecule is CCCOCCN(CCO)CCO. The fourth-order valence-electron chi connectivity index (χ4n) is 1.06. The van der Waals surface area contributed by atoms with E-state index in [9.17, 15) is 0 Å². The van der Waals surface area contributed by atoms with E-state index in [4.69, 9.17) is 14.9 Å². The second-order valence-electron chi connectivity index (χ2n) is 2.90. The largest absolute Gasteiger partial charge is 0.395 e. The molecular weight excluding hydrogens is 170 g/mol. The first-order valence-corrected chi connectivity index (χ1v) is 4.87. The predicted molar refractivity (Wildman–Crippen MR) is 51.7 cm³/mol. The molecule has 0 amide bonds. The maximum atomic E-state index is 8.70. The normalized spacial score (nSPS) is 11.1. The monoisotopic (exact) mass is 191 g/mol. The average Bonchev–Trinajstić information content (AvgIpc) is 2.13. The Labute approximate surface area is 80.1 Å². The van der Waals surface area contributed by atoms with Crippen LogP contribution >= 0.6 is 0 Å². The van der Waals surface area contributed by atoms with Crippen molar-refractivity contribution < 1.29 is 14.9 Å². The number of rotatable bonds is 9. The maximum Gasteiger partial charge on any atom is 0.0593 e. The van der Waals surface area contributed by atoms with Gasteiger partial charge < -0.3 is 14.9 Å². The Balaban J connectivity index is 3.33. The summed E-state index contributed by atoms with van der Waals surface area (Å²) >= 11 is 0. The van der Waals surface area contributed by atoms with Gasteiger partial charge in [-0.1, -0.05) is 6.92 Å². The molecule has 0 aromatic carbocycles. The molecule has 0 bridgehead atoms. The summed E-state index contributed by atoms with van der Waals surface area (Å²) in [5.41, 5.74) is 0. The highest BCUT2D eigenvalue weighted by Crippen LogP contribution is 1.88. The average molecular weight is 191 g/mol. The predicted octanol–water partition coefficient (Wildman–Crippen LogP) is -0.300. The first-order valence-electron chi connectivity index (χ1n) is 4.87. The molecule has 0 rings (SSSR count). The van der Waals surface area contributed by atoms with Crippen molar-refractivity contribution in [2.24, 2.45) is 0 Å². The molecule has 0 radical (unpaired) electrons. The lowest BCUT2D eigenvalue weighted by Gasteiger charge is -2.19. The van der Waals surface area contributed by atoms with Crippen molar-refractivity contribution in [1.29, 1.82) is 0 Å². The van der Waals surface area contributed by atoms with Crippen molar-refractivity contribution in [3.05, 3.63) is 0 Å². The highest BCUT2D eigenvalue weighted by Gasteiger charge is 2.02. The summed E-state index contributed by atoms with van der Waals surface area (Å²) in [6.45, 7) is 5.79. The Bertz CT molecular complexity index is 94.9. The van der Waals surface area contributed by atoms with Crippen LogP contribution in [-0.2, 0) is 4.74 Å². The zero-order valence-corrected chi connectivity index (χ0v) is 8.41. The van der Waals surface area contributed by atoms with Gasteiger partial charge in [0.2, 0.25) is 0 Å².